The van der Waals surface area contributed by atoms with Crippen molar-refractivity contribution in [3.8, 4) is 0 Å². The number of benzene rings is 1. The van der Waals surface area contributed by atoms with Gasteiger partial charge < -0.3 is 4.74 Å². The maximum absolute atomic E-state index is 12.6. The van der Waals surface area contributed by atoms with Crippen LogP contribution in [-0.4, -0.2) is 25.7 Å². The number of ether oxygens (including phenoxy) is 1. The van der Waals surface area contributed by atoms with Gasteiger partial charge in [-0.05, 0) is 54.9 Å². The topological polar surface area (TPSA) is 76.0 Å². The number of aliphatic imine (C=N–C) groups is 1. The Morgan fingerprint density at radius 3 is 2.54 bits per heavy atom. The highest BCUT2D eigenvalue weighted by atomic mass is 79.9. The van der Waals surface area contributed by atoms with Gasteiger partial charge in [0.05, 0.1) is 16.3 Å². The Hall–Kier alpha value is -1.16. The van der Waals surface area contributed by atoms with Crippen LogP contribution < -0.4 is 4.90 Å². The van der Waals surface area contributed by atoms with Gasteiger partial charge in [0.1, 0.15) is 11.4 Å². The molecular weight excluding hydrogens is 440 g/mol. The molecule has 0 aliphatic carbocycles. The van der Waals surface area contributed by atoms with E-state index >= 15 is 0 Å². The molecule has 24 heavy (non-hydrogen) atoms. The number of hydrogen-bond acceptors (Lipinski definition) is 5. The predicted octanol–water partition coefficient (Wildman–Crippen LogP) is 4.10. The fraction of sp³-hybridized carbons (Fsp3) is 0.286. The molecule has 1 atom stereocenters. The standard InChI is InChI=1S/C14H14BrClN2O4S2/c1-14(2,3)22-13(19)18(9-4-5-10(15)11(16)6-9)12-7-23(8-17-12)24(20)21/h4-8H,1-3H3. The Labute approximate surface area is 156 Å². The van der Waals surface area contributed by atoms with E-state index in [0.717, 1.165) is 0 Å². The van der Waals surface area contributed by atoms with Gasteiger partial charge in [0.2, 0.25) is 9.26 Å². The van der Waals surface area contributed by atoms with Crippen molar-refractivity contribution < 1.29 is 17.9 Å². The Morgan fingerprint density at radius 2 is 2.04 bits per heavy atom. The van der Waals surface area contributed by atoms with E-state index < -0.39 is 30.4 Å². The summed E-state index contributed by atoms with van der Waals surface area (Å²) in [5.41, 5.74) is 0.972. The molecule has 1 aromatic rings. The minimum atomic E-state index is -2.34. The van der Waals surface area contributed by atoms with Crippen molar-refractivity contribution in [3.05, 3.63) is 38.9 Å². The van der Waals surface area contributed by atoms with Crippen LogP contribution in [-0.2, 0) is 23.5 Å². The molecule has 0 saturated heterocycles. The van der Waals surface area contributed by atoms with E-state index in [1.54, 1.807) is 39.0 Å². The van der Waals surface area contributed by atoms with Gasteiger partial charge >= 0.3 is 6.09 Å². The lowest BCUT2D eigenvalue weighted by Crippen LogP contribution is -2.35. The summed E-state index contributed by atoms with van der Waals surface area (Å²) in [6.45, 7) is 5.21. The Balaban J connectivity index is 2.52. The van der Waals surface area contributed by atoms with E-state index in [4.69, 9.17) is 16.3 Å². The van der Waals surface area contributed by atoms with Crippen LogP contribution in [0.15, 0.2) is 38.9 Å². The second kappa shape index (κ2) is 7.38. The molecule has 1 aliphatic rings. The van der Waals surface area contributed by atoms with Crippen molar-refractivity contribution in [1.29, 1.82) is 0 Å². The first-order chi connectivity index (χ1) is 11.1. The summed E-state index contributed by atoms with van der Waals surface area (Å²) >= 11 is 9.39. The lowest BCUT2D eigenvalue weighted by atomic mass is 10.2. The molecule has 1 aliphatic heterocycles. The van der Waals surface area contributed by atoms with Crippen LogP contribution in [0.25, 0.3) is 0 Å². The summed E-state index contributed by atoms with van der Waals surface area (Å²) < 4.78 is 28.3. The van der Waals surface area contributed by atoms with E-state index in [9.17, 15) is 13.2 Å². The molecule has 0 fully saturated rings. The molecule has 1 aromatic carbocycles. The summed E-state index contributed by atoms with van der Waals surface area (Å²) in [6, 6.07) is 4.90. The third-order valence-corrected chi connectivity index (χ3v) is 6.43. The number of nitrogens with zero attached hydrogens (tertiary/aromatic N) is 2. The Morgan fingerprint density at radius 1 is 1.38 bits per heavy atom. The van der Waals surface area contributed by atoms with E-state index in [1.165, 1.54) is 15.9 Å². The van der Waals surface area contributed by atoms with Crippen LogP contribution in [0.5, 0.6) is 0 Å². The van der Waals surface area contributed by atoms with Crippen LogP contribution >= 0.6 is 27.5 Å². The second-order valence-corrected chi connectivity index (χ2v) is 10.4. The first-order valence-corrected chi connectivity index (χ1v) is 10.8. The summed E-state index contributed by atoms with van der Waals surface area (Å²) in [6.07, 6.45) is -0.675. The van der Waals surface area contributed by atoms with Crippen LogP contribution in [0.1, 0.15) is 20.8 Å². The first kappa shape index (κ1) is 19.2. The van der Waals surface area contributed by atoms with Crippen molar-refractivity contribution in [2.45, 2.75) is 26.4 Å². The maximum atomic E-state index is 12.6. The minimum absolute atomic E-state index is 0.176. The van der Waals surface area contributed by atoms with Crippen LogP contribution in [0.2, 0.25) is 5.02 Å². The van der Waals surface area contributed by atoms with Gasteiger partial charge in [0.25, 0.3) is 0 Å². The highest BCUT2D eigenvalue weighted by Crippen LogP contribution is 2.31. The lowest BCUT2D eigenvalue weighted by Gasteiger charge is -2.27. The van der Waals surface area contributed by atoms with E-state index in [2.05, 4.69) is 20.9 Å². The largest absolute Gasteiger partial charge is 0.443 e. The van der Waals surface area contributed by atoms with Crippen molar-refractivity contribution in [3.63, 3.8) is 0 Å². The van der Waals surface area contributed by atoms with Gasteiger partial charge in [-0.25, -0.2) is 14.7 Å². The Bertz CT molecular complexity index is 881. The molecule has 1 amide bonds. The van der Waals surface area contributed by atoms with E-state index in [-0.39, 0.29) is 5.82 Å². The van der Waals surface area contributed by atoms with Gasteiger partial charge in [0.15, 0.2) is 0 Å². The van der Waals surface area contributed by atoms with Gasteiger partial charge in [0, 0.05) is 19.3 Å². The molecule has 6 nitrogen and oxygen atoms in total. The van der Waals surface area contributed by atoms with Crippen molar-refractivity contribution in [2.75, 3.05) is 4.90 Å². The average molecular weight is 454 g/mol. The second-order valence-electron chi connectivity index (χ2n) is 5.66. The molecule has 0 aromatic heterocycles. The van der Waals surface area contributed by atoms with Crippen LogP contribution in [0.4, 0.5) is 10.5 Å². The SMILES string of the molecule is CC(C)(C)OC(=O)N(C1=CS(=S(=O)=O)C=N1)c1ccc(Br)c(Cl)c1. The molecule has 130 valence electrons. The zero-order valence-corrected chi connectivity index (χ0v) is 17.0. The minimum Gasteiger partial charge on any atom is -0.443 e. The van der Waals surface area contributed by atoms with Gasteiger partial charge in [-0.3, -0.25) is 0 Å². The smallest absolute Gasteiger partial charge is 0.420 e. The van der Waals surface area contributed by atoms with Crippen LogP contribution in [0, 0.1) is 0 Å². The Kier molecular flexibility index (Phi) is 5.90. The number of halogens is 2. The molecule has 10 heteroatoms. The number of hydrogen-bond donors (Lipinski definition) is 0. The monoisotopic (exact) mass is 452 g/mol. The lowest BCUT2D eigenvalue weighted by molar-refractivity contribution is 0.0592. The number of carbonyl (C=O) groups excluding carboxylic acids is 1. The van der Waals surface area contributed by atoms with E-state index in [1.807, 2.05) is 0 Å². The maximum Gasteiger partial charge on any atom is 0.420 e. The highest BCUT2D eigenvalue weighted by molar-refractivity contribution is 9.10. The number of carbonyl (C=O) groups is 1. The molecule has 1 unspecified atom stereocenters. The van der Waals surface area contributed by atoms with Gasteiger partial charge in [-0.1, -0.05) is 11.6 Å². The third-order valence-electron chi connectivity index (χ3n) is 2.63. The molecule has 0 N–H and O–H groups in total. The van der Waals surface area contributed by atoms with E-state index in [0.29, 0.717) is 15.2 Å². The summed E-state index contributed by atoms with van der Waals surface area (Å²) in [5, 5.41) is 1.79. The highest BCUT2D eigenvalue weighted by Gasteiger charge is 2.28. The zero-order chi connectivity index (χ0) is 18.1. The van der Waals surface area contributed by atoms with Gasteiger partial charge in [-0.15, -0.1) is 0 Å². The van der Waals surface area contributed by atoms with Gasteiger partial charge in [-0.2, -0.15) is 8.42 Å². The molecular formula is C14H14BrClN2O4S2. The number of rotatable bonds is 2. The summed E-state index contributed by atoms with van der Waals surface area (Å²) in [4.78, 5) is 17.8. The molecule has 0 saturated carbocycles. The first-order valence-electron chi connectivity index (χ1n) is 6.64. The van der Waals surface area contributed by atoms with Crippen molar-refractivity contribution >= 4 is 63.6 Å². The fourth-order valence-electron chi connectivity index (χ4n) is 1.72. The molecule has 0 spiro atoms. The summed E-state index contributed by atoms with van der Waals surface area (Å²) in [5.74, 6) is 0.176. The number of amides is 1. The molecule has 0 bridgehead atoms. The fourth-order valence-corrected chi connectivity index (χ4v) is 3.77. The average Bonchev–Trinajstić information content (AvgIpc) is 2.90. The summed E-state index contributed by atoms with van der Waals surface area (Å²) in [7, 11) is -3.52. The third kappa shape index (κ3) is 4.69. The number of anilines is 1. The molecule has 1 heterocycles. The quantitative estimate of drug-likeness (QED) is 0.675. The predicted molar refractivity (Wildman–Crippen MR) is 101 cm³/mol. The molecule has 2 rings (SSSR count). The van der Waals surface area contributed by atoms with Crippen molar-refractivity contribution in [1.82, 2.24) is 0 Å². The normalized spacial score (nSPS) is 16.7. The zero-order valence-electron chi connectivity index (χ0n) is 13.0. The van der Waals surface area contributed by atoms with Crippen molar-refractivity contribution in [2.24, 2.45) is 4.99 Å². The van der Waals surface area contributed by atoms with Crippen LogP contribution in [0.3, 0.4) is 0 Å². The molecule has 0 radical (unpaired) electrons.